The van der Waals surface area contributed by atoms with Crippen molar-refractivity contribution >= 4 is 0 Å². The molecule has 1 fully saturated rings. The Morgan fingerprint density at radius 1 is 1.00 bits per heavy atom. The van der Waals surface area contributed by atoms with Crippen LogP contribution in [0.4, 0.5) is 0 Å². The number of aliphatic hydroxyl groups is 1. The van der Waals surface area contributed by atoms with Crippen LogP contribution < -0.4 is 5.32 Å². The summed E-state index contributed by atoms with van der Waals surface area (Å²) >= 11 is 0. The quantitative estimate of drug-likeness (QED) is 0.715. The van der Waals surface area contributed by atoms with Crippen molar-refractivity contribution in [2.24, 2.45) is 5.92 Å². The predicted octanol–water partition coefficient (Wildman–Crippen LogP) is 4.63. The first-order valence-electron chi connectivity index (χ1n) is 10.3. The van der Waals surface area contributed by atoms with Crippen molar-refractivity contribution in [1.82, 2.24) is 5.32 Å². The molecule has 2 aromatic carbocycles. The van der Waals surface area contributed by atoms with Crippen LogP contribution in [0, 0.1) is 12.8 Å². The van der Waals surface area contributed by atoms with Gasteiger partial charge < -0.3 is 15.2 Å². The summed E-state index contributed by atoms with van der Waals surface area (Å²) in [7, 11) is 0. The van der Waals surface area contributed by atoms with Gasteiger partial charge in [-0.05, 0) is 36.8 Å². The Morgan fingerprint density at radius 2 is 1.67 bits per heavy atom. The fourth-order valence-corrected chi connectivity index (χ4v) is 3.93. The maximum atomic E-state index is 10.5. The molecule has 2 N–H and O–H groups in total. The Morgan fingerprint density at radius 3 is 2.37 bits per heavy atom. The van der Waals surface area contributed by atoms with E-state index in [-0.39, 0.29) is 6.10 Å². The van der Waals surface area contributed by atoms with E-state index in [0.717, 1.165) is 11.1 Å². The molecule has 2 aromatic rings. The predicted molar refractivity (Wildman–Crippen MR) is 111 cm³/mol. The van der Waals surface area contributed by atoms with Gasteiger partial charge in [0.2, 0.25) is 0 Å². The highest BCUT2D eigenvalue weighted by molar-refractivity contribution is 5.31. The van der Waals surface area contributed by atoms with Gasteiger partial charge in [0.15, 0.2) is 0 Å². The van der Waals surface area contributed by atoms with Crippen molar-refractivity contribution in [1.29, 1.82) is 0 Å². The highest BCUT2D eigenvalue weighted by atomic mass is 16.5. The lowest BCUT2D eigenvalue weighted by Crippen LogP contribution is -2.42. The van der Waals surface area contributed by atoms with Crippen LogP contribution in [-0.2, 0) is 4.74 Å². The topological polar surface area (TPSA) is 41.5 Å². The number of hydrogen-bond donors (Lipinski definition) is 2. The van der Waals surface area contributed by atoms with E-state index in [9.17, 15) is 5.11 Å². The molecule has 0 bridgehead atoms. The van der Waals surface area contributed by atoms with Crippen molar-refractivity contribution in [3.63, 3.8) is 0 Å². The molecule has 4 unspecified atom stereocenters. The van der Waals surface area contributed by atoms with Crippen LogP contribution in [0.1, 0.15) is 55.4 Å². The summed E-state index contributed by atoms with van der Waals surface area (Å²) in [6.45, 7) is 5.30. The molecule has 146 valence electrons. The second-order valence-electron chi connectivity index (χ2n) is 7.97. The summed E-state index contributed by atoms with van der Waals surface area (Å²) in [5.74, 6) is 0.691. The van der Waals surface area contributed by atoms with Crippen LogP contribution in [0.2, 0.25) is 0 Å². The average Bonchev–Trinajstić information content (AvgIpc) is 2.69. The zero-order chi connectivity index (χ0) is 19.1. The first-order valence-corrected chi connectivity index (χ1v) is 10.3. The molecule has 0 heterocycles. The Balaban J connectivity index is 1.58. The van der Waals surface area contributed by atoms with Crippen molar-refractivity contribution in [2.45, 2.75) is 57.8 Å². The number of nitrogens with one attached hydrogen (secondary N) is 1. The minimum atomic E-state index is -0.504. The smallest absolute Gasteiger partial charge is 0.108 e. The molecule has 27 heavy (non-hydrogen) atoms. The molecule has 0 spiro atoms. The molecule has 3 rings (SSSR count). The highest BCUT2D eigenvalue weighted by Gasteiger charge is 2.22. The van der Waals surface area contributed by atoms with Crippen molar-refractivity contribution in [3.8, 4) is 0 Å². The monoisotopic (exact) mass is 367 g/mol. The van der Waals surface area contributed by atoms with Gasteiger partial charge in [-0.3, -0.25) is 0 Å². The number of aryl methyl sites for hydroxylation is 1. The minimum Gasteiger partial charge on any atom is -0.389 e. The minimum absolute atomic E-state index is 0.157. The molecule has 1 aliphatic rings. The van der Waals surface area contributed by atoms with Crippen molar-refractivity contribution in [3.05, 3.63) is 71.3 Å². The Kier molecular flexibility index (Phi) is 7.45. The maximum absolute atomic E-state index is 10.5. The summed E-state index contributed by atoms with van der Waals surface area (Å²) in [6, 6.07) is 19.2. The van der Waals surface area contributed by atoms with E-state index in [1.807, 2.05) is 18.2 Å². The van der Waals surface area contributed by atoms with E-state index in [1.165, 1.54) is 31.2 Å². The van der Waals surface area contributed by atoms with E-state index in [0.29, 0.717) is 25.1 Å². The van der Waals surface area contributed by atoms with Crippen LogP contribution in [0.5, 0.6) is 0 Å². The van der Waals surface area contributed by atoms with Crippen LogP contribution >= 0.6 is 0 Å². The molecule has 1 saturated carbocycles. The molecular weight excluding hydrogens is 334 g/mol. The van der Waals surface area contributed by atoms with E-state index in [1.54, 1.807) is 0 Å². The third-order valence-corrected chi connectivity index (χ3v) is 5.66. The van der Waals surface area contributed by atoms with Gasteiger partial charge in [-0.2, -0.15) is 0 Å². The summed E-state index contributed by atoms with van der Waals surface area (Å²) in [4.78, 5) is 0. The molecular formula is C24H33NO2. The standard InChI is InChI=1S/C24H33NO2/c1-18-12-14-21(15-13-18)24(20-9-4-3-5-10-20)27-17-22(26)16-25-23-11-7-6-8-19(23)2/h3-5,9-10,12-15,19,22-26H,6-8,11,16-17H2,1-2H3. The molecule has 4 atom stereocenters. The Labute approximate surface area is 163 Å². The fourth-order valence-electron chi connectivity index (χ4n) is 3.93. The molecule has 0 aromatic heterocycles. The summed E-state index contributed by atoms with van der Waals surface area (Å²) < 4.78 is 6.19. The summed E-state index contributed by atoms with van der Waals surface area (Å²) in [6.07, 6.45) is 4.46. The third kappa shape index (κ3) is 5.90. The molecule has 3 heteroatoms. The highest BCUT2D eigenvalue weighted by Crippen LogP contribution is 2.27. The van der Waals surface area contributed by atoms with Gasteiger partial charge >= 0.3 is 0 Å². The first kappa shape index (κ1) is 20.1. The normalized spacial score (nSPS) is 22.3. The SMILES string of the molecule is Cc1ccc(C(OCC(O)CNC2CCCCC2C)c2ccccc2)cc1. The van der Waals surface area contributed by atoms with Gasteiger partial charge in [-0.15, -0.1) is 0 Å². The number of benzene rings is 2. The van der Waals surface area contributed by atoms with Gasteiger partial charge in [0, 0.05) is 12.6 Å². The first-order chi connectivity index (χ1) is 13.1. The molecule has 3 nitrogen and oxygen atoms in total. The second-order valence-corrected chi connectivity index (χ2v) is 7.97. The van der Waals surface area contributed by atoms with E-state index in [4.69, 9.17) is 4.74 Å². The van der Waals surface area contributed by atoms with Gasteiger partial charge in [-0.1, -0.05) is 79.9 Å². The largest absolute Gasteiger partial charge is 0.389 e. The van der Waals surface area contributed by atoms with Crippen LogP contribution in [-0.4, -0.2) is 30.4 Å². The lowest BCUT2D eigenvalue weighted by atomic mass is 9.86. The average molecular weight is 368 g/mol. The Bertz CT molecular complexity index is 671. The van der Waals surface area contributed by atoms with E-state index < -0.39 is 6.10 Å². The molecule has 0 aliphatic heterocycles. The van der Waals surface area contributed by atoms with Crippen molar-refractivity contribution < 1.29 is 9.84 Å². The van der Waals surface area contributed by atoms with Crippen LogP contribution in [0.3, 0.4) is 0 Å². The van der Waals surface area contributed by atoms with E-state index in [2.05, 4.69) is 55.6 Å². The molecule has 0 amide bonds. The summed E-state index contributed by atoms with van der Waals surface area (Å²) in [5.41, 5.74) is 3.46. The zero-order valence-corrected chi connectivity index (χ0v) is 16.6. The number of ether oxygens (including phenoxy) is 1. The number of hydrogen-bond acceptors (Lipinski definition) is 3. The van der Waals surface area contributed by atoms with Gasteiger partial charge in [-0.25, -0.2) is 0 Å². The zero-order valence-electron chi connectivity index (χ0n) is 16.6. The van der Waals surface area contributed by atoms with Crippen LogP contribution in [0.25, 0.3) is 0 Å². The number of aliphatic hydroxyl groups excluding tert-OH is 1. The van der Waals surface area contributed by atoms with Gasteiger partial charge in [0.25, 0.3) is 0 Å². The fraction of sp³-hybridized carbons (Fsp3) is 0.500. The maximum Gasteiger partial charge on any atom is 0.108 e. The van der Waals surface area contributed by atoms with Crippen molar-refractivity contribution in [2.75, 3.05) is 13.2 Å². The third-order valence-electron chi connectivity index (χ3n) is 5.66. The van der Waals surface area contributed by atoms with Gasteiger partial charge in [0.05, 0.1) is 12.7 Å². The molecule has 0 saturated heterocycles. The molecule has 0 radical (unpaired) electrons. The Hall–Kier alpha value is -1.68. The lowest BCUT2D eigenvalue weighted by Gasteiger charge is -2.30. The van der Waals surface area contributed by atoms with Gasteiger partial charge in [0.1, 0.15) is 6.10 Å². The molecule has 1 aliphatic carbocycles. The second kappa shape index (κ2) is 10.0. The summed E-state index contributed by atoms with van der Waals surface area (Å²) in [5, 5.41) is 14.0. The van der Waals surface area contributed by atoms with E-state index >= 15 is 0 Å². The van der Waals surface area contributed by atoms with Crippen LogP contribution in [0.15, 0.2) is 54.6 Å². The lowest BCUT2D eigenvalue weighted by molar-refractivity contribution is 0.00447. The number of rotatable bonds is 8.